The Morgan fingerprint density at radius 1 is 1.13 bits per heavy atom. The predicted octanol–water partition coefficient (Wildman–Crippen LogP) is 4.54. The van der Waals surface area contributed by atoms with Gasteiger partial charge in [-0.05, 0) is 31.9 Å². The zero-order valence-corrected chi connectivity index (χ0v) is 21.2. The first kappa shape index (κ1) is 28.0. The van der Waals surface area contributed by atoms with Gasteiger partial charge in [0.2, 0.25) is 5.82 Å². The molecule has 1 aliphatic heterocycles. The number of benzene rings is 1. The van der Waals surface area contributed by atoms with Crippen molar-refractivity contribution in [3.05, 3.63) is 52.1 Å². The van der Waals surface area contributed by atoms with Crippen LogP contribution in [0.4, 0.5) is 31.5 Å². The predicted molar refractivity (Wildman–Crippen MR) is 130 cm³/mol. The molecular weight excluding hydrogens is 536 g/mol. The van der Waals surface area contributed by atoms with Crippen LogP contribution in [-0.4, -0.2) is 64.1 Å². The van der Waals surface area contributed by atoms with Crippen LogP contribution in [0.3, 0.4) is 0 Å². The molecule has 2 aromatic heterocycles. The summed E-state index contributed by atoms with van der Waals surface area (Å²) in [5.41, 5.74) is -0.383. The number of alkyl halides is 6. The first-order chi connectivity index (χ1) is 17.8. The summed E-state index contributed by atoms with van der Waals surface area (Å²) >= 11 is 0.795. The fraction of sp³-hybridized carbons (Fsp3) is 0.500. The van der Waals surface area contributed by atoms with Crippen LogP contribution < -0.4 is 10.5 Å². The number of likely N-dealkylation sites (N-methyl/N-ethyl adjacent to an activating group) is 1. The average molecular weight is 562 g/mol. The van der Waals surface area contributed by atoms with Crippen molar-refractivity contribution in [2.75, 3.05) is 31.6 Å². The standard InChI is InChI=1S/C24H25F6N5O2S/c1-33(14-23(25,26)27)12-13-35-20(37)18-19(32-21(35)24(28,29)30)38-22(31-18)34-11-5-8-16(34)17(36)10-9-15-6-3-2-4-7-15/h2-4,6-7,16H,5,8-14H2,1H3/t16-/m1/s1. The van der Waals surface area contributed by atoms with Crippen molar-refractivity contribution in [3.63, 3.8) is 0 Å². The number of carbonyl (C=O) groups excluding carboxylic acids is 1. The number of rotatable bonds is 9. The molecule has 0 radical (unpaired) electrons. The molecule has 7 nitrogen and oxygen atoms in total. The van der Waals surface area contributed by atoms with Gasteiger partial charge in [-0.2, -0.15) is 26.3 Å². The lowest BCUT2D eigenvalue weighted by molar-refractivity contribution is -0.150. The highest BCUT2D eigenvalue weighted by Crippen LogP contribution is 2.34. The van der Waals surface area contributed by atoms with Crippen molar-refractivity contribution in [1.29, 1.82) is 0 Å². The van der Waals surface area contributed by atoms with Crippen LogP contribution >= 0.6 is 11.3 Å². The first-order valence-electron chi connectivity index (χ1n) is 11.9. The Hall–Kier alpha value is -3.00. The second kappa shape index (κ2) is 11.0. The molecule has 3 heterocycles. The van der Waals surface area contributed by atoms with Gasteiger partial charge in [-0.25, -0.2) is 9.97 Å². The third kappa shape index (κ3) is 6.52. The van der Waals surface area contributed by atoms with Crippen molar-refractivity contribution in [2.24, 2.45) is 0 Å². The van der Waals surface area contributed by atoms with Crippen molar-refractivity contribution in [3.8, 4) is 0 Å². The Labute approximate surface area is 217 Å². The molecule has 1 fully saturated rings. The molecule has 4 rings (SSSR count). The number of carbonyl (C=O) groups is 1. The molecule has 0 aliphatic carbocycles. The van der Waals surface area contributed by atoms with Crippen LogP contribution in [0.1, 0.15) is 30.7 Å². The Kier molecular flexibility index (Phi) is 8.12. The van der Waals surface area contributed by atoms with E-state index in [-0.39, 0.29) is 27.7 Å². The van der Waals surface area contributed by atoms with Crippen LogP contribution in [0.25, 0.3) is 10.3 Å². The topological polar surface area (TPSA) is 71.3 Å². The SMILES string of the molecule is CN(CCn1c(C(F)(F)F)nc2sc(N3CCC[C@@H]3C(=O)CCc3ccccc3)nc2c1=O)CC(F)(F)F. The monoisotopic (exact) mass is 561 g/mol. The van der Waals surface area contributed by atoms with E-state index in [2.05, 4.69) is 9.97 Å². The zero-order valence-electron chi connectivity index (χ0n) is 20.3. The Morgan fingerprint density at radius 3 is 2.50 bits per heavy atom. The van der Waals surface area contributed by atoms with Gasteiger partial charge < -0.3 is 4.90 Å². The van der Waals surface area contributed by atoms with E-state index in [1.807, 2.05) is 30.3 Å². The van der Waals surface area contributed by atoms with Crippen molar-refractivity contribution < 1.29 is 31.1 Å². The number of Topliss-reactive ketones (excluding diaryl/α,β-unsaturated/α-hetero) is 1. The maximum Gasteiger partial charge on any atom is 0.449 e. The fourth-order valence-electron chi connectivity index (χ4n) is 4.51. The van der Waals surface area contributed by atoms with Gasteiger partial charge in [0, 0.05) is 26.1 Å². The number of anilines is 1. The molecule has 0 saturated carbocycles. The summed E-state index contributed by atoms with van der Waals surface area (Å²) in [5.74, 6) is -1.53. The minimum Gasteiger partial charge on any atom is -0.338 e. The fourth-order valence-corrected chi connectivity index (χ4v) is 5.52. The number of ketones is 1. The number of hydrogen-bond acceptors (Lipinski definition) is 7. The van der Waals surface area contributed by atoms with E-state index in [9.17, 15) is 35.9 Å². The smallest absolute Gasteiger partial charge is 0.338 e. The van der Waals surface area contributed by atoms with Crippen molar-refractivity contribution in [1.82, 2.24) is 19.4 Å². The van der Waals surface area contributed by atoms with E-state index in [0.717, 1.165) is 28.8 Å². The Bertz CT molecular complexity index is 1340. The van der Waals surface area contributed by atoms with Gasteiger partial charge in [0.25, 0.3) is 5.56 Å². The van der Waals surface area contributed by atoms with E-state index >= 15 is 0 Å². The van der Waals surface area contributed by atoms with E-state index in [1.54, 1.807) is 4.90 Å². The molecule has 1 aromatic carbocycles. The minimum atomic E-state index is -5.01. The van der Waals surface area contributed by atoms with Gasteiger partial charge >= 0.3 is 12.4 Å². The van der Waals surface area contributed by atoms with Gasteiger partial charge in [0.05, 0.1) is 12.6 Å². The van der Waals surface area contributed by atoms with Crippen LogP contribution in [0, 0.1) is 0 Å². The van der Waals surface area contributed by atoms with Crippen molar-refractivity contribution in [2.45, 2.75) is 50.6 Å². The summed E-state index contributed by atoms with van der Waals surface area (Å²) in [4.78, 5) is 36.2. The molecule has 38 heavy (non-hydrogen) atoms. The molecule has 0 amide bonds. The lowest BCUT2D eigenvalue weighted by atomic mass is 10.0. The maximum atomic E-state index is 13.8. The van der Waals surface area contributed by atoms with Gasteiger partial charge in [0.15, 0.2) is 21.3 Å². The highest BCUT2D eigenvalue weighted by Gasteiger charge is 2.39. The van der Waals surface area contributed by atoms with Gasteiger partial charge in [0.1, 0.15) is 0 Å². The Balaban J connectivity index is 1.59. The maximum absolute atomic E-state index is 13.8. The molecule has 1 atom stereocenters. The first-order valence-corrected chi connectivity index (χ1v) is 12.7. The summed E-state index contributed by atoms with van der Waals surface area (Å²) in [6.45, 7) is -2.00. The van der Waals surface area contributed by atoms with Crippen LogP contribution in [0.5, 0.6) is 0 Å². The van der Waals surface area contributed by atoms with Crippen LogP contribution in [0.2, 0.25) is 0 Å². The molecular formula is C24H25F6N5O2S. The van der Waals surface area contributed by atoms with Crippen LogP contribution in [-0.2, 0) is 23.9 Å². The third-order valence-corrected chi connectivity index (χ3v) is 7.28. The van der Waals surface area contributed by atoms with Gasteiger partial charge in [-0.15, -0.1) is 0 Å². The summed E-state index contributed by atoms with van der Waals surface area (Å²) in [5, 5.41) is 0.222. The van der Waals surface area contributed by atoms with E-state index < -0.39 is 49.4 Å². The summed E-state index contributed by atoms with van der Waals surface area (Å²) in [7, 11) is 1.10. The molecule has 1 aliphatic rings. The number of fused-ring (bicyclic) bond motifs is 1. The Morgan fingerprint density at radius 2 is 1.84 bits per heavy atom. The second-order valence-corrected chi connectivity index (χ2v) is 10.2. The molecule has 206 valence electrons. The molecule has 3 aromatic rings. The third-order valence-electron chi connectivity index (χ3n) is 6.29. The van der Waals surface area contributed by atoms with Crippen molar-refractivity contribution >= 4 is 32.6 Å². The molecule has 0 bridgehead atoms. The minimum absolute atomic E-state index is 0.0281. The summed E-state index contributed by atoms with van der Waals surface area (Å²) in [6, 6.07) is 8.97. The molecule has 0 N–H and O–H groups in total. The van der Waals surface area contributed by atoms with E-state index in [1.165, 1.54) is 0 Å². The molecule has 14 heteroatoms. The average Bonchev–Trinajstić information content (AvgIpc) is 3.48. The lowest BCUT2D eigenvalue weighted by Gasteiger charge is -2.22. The zero-order chi connectivity index (χ0) is 27.7. The molecule has 0 spiro atoms. The number of hydrogen-bond donors (Lipinski definition) is 0. The highest BCUT2D eigenvalue weighted by molar-refractivity contribution is 7.21. The molecule has 0 unspecified atom stereocenters. The molecule has 1 saturated heterocycles. The lowest BCUT2D eigenvalue weighted by Crippen LogP contribution is -2.37. The number of aryl methyl sites for hydroxylation is 1. The normalized spacial score (nSPS) is 16.6. The van der Waals surface area contributed by atoms with Crippen LogP contribution in [0.15, 0.2) is 35.1 Å². The number of halogens is 6. The van der Waals surface area contributed by atoms with Gasteiger partial charge in [-0.1, -0.05) is 41.7 Å². The number of nitrogens with zero attached hydrogens (tertiary/aromatic N) is 5. The second-order valence-electron chi connectivity index (χ2n) is 9.20. The summed E-state index contributed by atoms with van der Waals surface area (Å²) in [6.07, 6.45) is -7.49. The van der Waals surface area contributed by atoms with Gasteiger partial charge in [-0.3, -0.25) is 19.1 Å². The summed E-state index contributed by atoms with van der Waals surface area (Å²) < 4.78 is 79.5. The van der Waals surface area contributed by atoms with E-state index in [0.29, 0.717) is 30.4 Å². The van der Waals surface area contributed by atoms with E-state index in [4.69, 9.17) is 0 Å². The number of thiazole rings is 1. The quantitative estimate of drug-likeness (QED) is 0.358. The highest BCUT2D eigenvalue weighted by atomic mass is 32.1. The number of aromatic nitrogens is 3. The largest absolute Gasteiger partial charge is 0.449 e.